The number of nitrogens with zero attached hydrogens (tertiary/aromatic N) is 4. The lowest BCUT2D eigenvalue weighted by atomic mass is 10.1. The smallest absolute Gasteiger partial charge is 0.0972 e. The maximum atomic E-state index is 8.87. The molecular formula is C21H22N4. The van der Waals surface area contributed by atoms with Crippen molar-refractivity contribution in [2.24, 2.45) is 0 Å². The van der Waals surface area contributed by atoms with Crippen molar-refractivity contribution in [2.45, 2.75) is 19.9 Å². The van der Waals surface area contributed by atoms with E-state index < -0.39 is 0 Å². The molecular weight excluding hydrogens is 308 g/mol. The summed E-state index contributed by atoms with van der Waals surface area (Å²) in [6, 6.07) is 22.7. The molecule has 25 heavy (non-hydrogen) atoms. The first-order chi connectivity index (χ1) is 12.3. The molecule has 1 aromatic heterocycles. The van der Waals surface area contributed by atoms with E-state index in [-0.39, 0.29) is 0 Å². The fraction of sp³-hybridized carbons (Fsp3) is 0.238. The van der Waals surface area contributed by atoms with Crippen LogP contribution in [0.4, 0.5) is 0 Å². The first-order valence-electron chi connectivity index (χ1n) is 8.60. The van der Waals surface area contributed by atoms with Gasteiger partial charge in [0.05, 0.1) is 17.5 Å². The monoisotopic (exact) mass is 330 g/mol. The van der Waals surface area contributed by atoms with Gasteiger partial charge < -0.3 is 0 Å². The number of hydrogen-bond acceptors (Lipinski definition) is 3. The first-order valence-corrected chi connectivity index (χ1v) is 8.60. The predicted molar refractivity (Wildman–Crippen MR) is 100 cm³/mol. The third-order valence-electron chi connectivity index (χ3n) is 4.24. The highest BCUT2D eigenvalue weighted by Crippen LogP contribution is 2.24. The lowest BCUT2D eigenvalue weighted by Gasteiger charge is -2.18. The topological polar surface area (TPSA) is 44.9 Å². The largest absolute Gasteiger partial charge is 0.298 e. The highest BCUT2D eigenvalue weighted by molar-refractivity contribution is 5.63. The zero-order chi connectivity index (χ0) is 17.5. The van der Waals surface area contributed by atoms with Crippen molar-refractivity contribution < 1.29 is 0 Å². The Morgan fingerprint density at radius 3 is 2.36 bits per heavy atom. The van der Waals surface area contributed by atoms with Crippen LogP contribution in [0.15, 0.2) is 66.9 Å². The predicted octanol–water partition coefficient (Wildman–Crippen LogP) is 4.27. The molecule has 0 aliphatic carbocycles. The summed E-state index contributed by atoms with van der Waals surface area (Å²) in [4.78, 5) is 2.28. The second kappa shape index (κ2) is 8.27. The quantitative estimate of drug-likeness (QED) is 0.649. The third kappa shape index (κ3) is 4.14. The molecule has 0 atom stereocenters. The SMILES string of the molecule is CCN(CCC#N)Cc1cn(-c2ccccc2)nc1-c1ccccc1. The molecule has 126 valence electrons. The number of rotatable bonds is 7. The second-order valence-corrected chi connectivity index (χ2v) is 5.93. The molecule has 0 aliphatic rings. The van der Waals surface area contributed by atoms with Crippen LogP contribution in [0.1, 0.15) is 18.9 Å². The van der Waals surface area contributed by atoms with Crippen LogP contribution in [0, 0.1) is 11.3 Å². The molecule has 0 amide bonds. The van der Waals surface area contributed by atoms with Crippen LogP contribution < -0.4 is 0 Å². The van der Waals surface area contributed by atoms with Gasteiger partial charge in [-0.05, 0) is 18.7 Å². The maximum absolute atomic E-state index is 8.87. The Hall–Kier alpha value is -2.90. The minimum Gasteiger partial charge on any atom is -0.298 e. The molecule has 1 heterocycles. The van der Waals surface area contributed by atoms with E-state index in [1.54, 1.807) is 0 Å². The molecule has 3 aromatic rings. The van der Waals surface area contributed by atoms with Gasteiger partial charge >= 0.3 is 0 Å². The fourth-order valence-corrected chi connectivity index (χ4v) is 2.88. The van der Waals surface area contributed by atoms with Crippen LogP contribution in [-0.2, 0) is 6.54 Å². The minimum absolute atomic E-state index is 0.543. The van der Waals surface area contributed by atoms with E-state index in [1.165, 1.54) is 5.56 Å². The summed E-state index contributed by atoms with van der Waals surface area (Å²) in [6.07, 6.45) is 2.65. The molecule has 0 aliphatic heterocycles. The van der Waals surface area contributed by atoms with Crippen molar-refractivity contribution in [3.63, 3.8) is 0 Å². The lowest BCUT2D eigenvalue weighted by Crippen LogP contribution is -2.23. The molecule has 2 aromatic carbocycles. The van der Waals surface area contributed by atoms with E-state index >= 15 is 0 Å². The summed E-state index contributed by atoms with van der Waals surface area (Å²) in [6.45, 7) is 4.60. The number of hydrogen-bond donors (Lipinski definition) is 0. The van der Waals surface area contributed by atoms with E-state index in [2.05, 4.69) is 48.4 Å². The van der Waals surface area contributed by atoms with Gasteiger partial charge in [0, 0.05) is 36.8 Å². The number of benzene rings is 2. The Balaban J connectivity index is 1.97. The standard InChI is InChI=1S/C21H22N4/c1-2-24(15-9-14-22)16-19-17-25(20-12-7-4-8-13-20)23-21(19)18-10-5-3-6-11-18/h3-8,10-13,17H,2,9,15-16H2,1H3. The summed E-state index contributed by atoms with van der Waals surface area (Å²) in [5.74, 6) is 0. The fourth-order valence-electron chi connectivity index (χ4n) is 2.88. The zero-order valence-corrected chi connectivity index (χ0v) is 14.5. The molecule has 0 radical (unpaired) electrons. The van der Waals surface area contributed by atoms with Crippen LogP contribution in [0.5, 0.6) is 0 Å². The molecule has 0 unspecified atom stereocenters. The van der Waals surface area contributed by atoms with Gasteiger partial charge in [-0.1, -0.05) is 55.5 Å². The number of aromatic nitrogens is 2. The highest BCUT2D eigenvalue weighted by Gasteiger charge is 2.14. The van der Waals surface area contributed by atoms with E-state index in [0.717, 1.165) is 36.6 Å². The Bertz CT molecular complexity index is 831. The summed E-state index contributed by atoms with van der Waals surface area (Å²) < 4.78 is 1.94. The molecule has 4 nitrogen and oxygen atoms in total. The van der Waals surface area contributed by atoms with Crippen LogP contribution in [0.25, 0.3) is 16.9 Å². The van der Waals surface area contributed by atoms with Crippen molar-refractivity contribution in [3.8, 4) is 23.0 Å². The number of nitriles is 1. The van der Waals surface area contributed by atoms with Gasteiger partial charge in [0.25, 0.3) is 0 Å². The van der Waals surface area contributed by atoms with E-state index in [1.807, 2.05) is 41.1 Å². The van der Waals surface area contributed by atoms with Gasteiger partial charge in [-0.15, -0.1) is 0 Å². The summed E-state index contributed by atoms with van der Waals surface area (Å²) in [5, 5.41) is 13.7. The van der Waals surface area contributed by atoms with Crippen molar-refractivity contribution >= 4 is 0 Å². The third-order valence-corrected chi connectivity index (χ3v) is 4.24. The van der Waals surface area contributed by atoms with E-state index in [9.17, 15) is 0 Å². The molecule has 4 heteroatoms. The Morgan fingerprint density at radius 1 is 1.04 bits per heavy atom. The maximum Gasteiger partial charge on any atom is 0.0972 e. The average molecular weight is 330 g/mol. The van der Waals surface area contributed by atoms with Crippen molar-refractivity contribution in [1.82, 2.24) is 14.7 Å². The first kappa shape index (κ1) is 16.9. The number of para-hydroxylation sites is 1. The zero-order valence-electron chi connectivity index (χ0n) is 14.5. The van der Waals surface area contributed by atoms with Crippen LogP contribution >= 0.6 is 0 Å². The summed E-state index contributed by atoms with van der Waals surface area (Å²) in [5.41, 5.74) is 4.34. The summed E-state index contributed by atoms with van der Waals surface area (Å²) >= 11 is 0. The Morgan fingerprint density at radius 2 is 1.72 bits per heavy atom. The van der Waals surface area contributed by atoms with Crippen LogP contribution in [0.2, 0.25) is 0 Å². The molecule has 3 rings (SSSR count). The average Bonchev–Trinajstić information content (AvgIpc) is 3.10. The Labute approximate surface area is 148 Å². The van der Waals surface area contributed by atoms with Crippen molar-refractivity contribution in [2.75, 3.05) is 13.1 Å². The van der Waals surface area contributed by atoms with Gasteiger partial charge in [-0.25, -0.2) is 4.68 Å². The molecule has 0 N–H and O–H groups in total. The molecule has 0 fully saturated rings. The summed E-state index contributed by atoms with van der Waals surface area (Å²) in [7, 11) is 0. The minimum atomic E-state index is 0.543. The van der Waals surface area contributed by atoms with Gasteiger partial charge in [-0.3, -0.25) is 4.90 Å². The lowest BCUT2D eigenvalue weighted by molar-refractivity contribution is 0.287. The normalized spacial score (nSPS) is 10.8. The van der Waals surface area contributed by atoms with E-state index in [0.29, 0.717) is 6.42 Å². The van der Waals surface area contributed by atoms with Crippen molar-refractivity contribution in [1.29, 1.82) is 5.26 Å². The second-order valence-electron chi connectivity index (χ2n) is 5.93. The molecule has 0 spiro atoms. The van der Waals surface area contributed by atoms with Gasteiger partial charge in [-0.2, -0.15) is 10.4 Å². The van der Waals surface area contributed by atoms with E-state index in [4.69, 9.17) is 10.4 Å². The molecule has 0 saturated heterocycles. The van der Waals surface area contributed by atoms with Crippen molar-refractivity contribution in [3.05, 3.63) is 72.4 Å². The van der Waals surface area contributed by atoms with Gasteiger partial charge in [0.15, 0.2) is 0 Å². The molecule has 0 saturated carbocycles. The highest BCUT2D eigenvalue weighted by atomic mass is 15.3. The Kier molecular flexibility index (Phi) is 5.61. The van der Waals surface area contributed by atoms with Crippen LogP contribution in [0.3, 0.4) is 0 Å². The van der Waals surface area contributed by atoms with Gasteiger partial charge in [0.1, 0.15) is 0 Å². The van der Waals surface area contributed by atoms with Gasteiger partial charge in [0.2, 0.25) is 0 Å². The van der Waals surface area contributed by atoms with Crippen LogP contribution in [-0.4, -0.2) is 27.8 Å². The molecule has 0 bridgehead atoms.